The Morgan fingerprint density at radius 1 is 1.08 bits per heavy atom. The van der Waals surface area contributed by atoms with E-state index in [0.717, 1.165) is 12.1 Å². The first kappa shape index (κ1) is 19.5. The topological polar surface area (TPSA) is 64.6 Å². The van der Waals surface area contributed by atoms with Crippen LogP contribution in [0.25, 0.3) is 0 Å². The van der Waals surface area contributed by atoms with E-state index < -0.39 is 0 Å². The van der Waals surface area contributed by atoms with Crippen molar-refractivity contribution in [3.05, 3.63) is 53.6 Å². The summed E-state index contributed by atoms with van der Waals surface area (Å²) in [5, 5.41) is 2.90. The number of hydrogen-bond donors (Lipinski definition) is 1. The van der Waals surface area contributed by atoms with Crippen molar-refractivity contribution < 1.29 is 19.1 Å². The maximum atomic E-state index is 12.0. The van der Waals surface area contributed by atoms with Gasteiger partial charge in [0.05, 0.1) is 13.7 Å². The van der Waals surface area contributed by atoms with E-state index in [4.69, 9.17) is 9.47 Å². The number of hydrogen-bond acceptors (Lipinski definition) is 4. The van der Waals surface area contributed by atoms with Gasteiger partial charge in [-0.2, -0.15) is 0 Å². The Bertz CT molecular complexity index is 770. The van der Waals surface area contributed by atoms with Gasteiger partial charge in [0.2, 0.25) is 5.91 Å². The van der Waals surface area contributed by atoms with Gasteiger partial charge >= 0.3 is 0 Å². The molecular formula is C21H25NO4. The summed E-state index contributed by atoms with van der Waals surface area (Å²) < 4.78 is 10.9. The number of anilines is 1. The molecule has 26 heavy (non-hydrogen) atoms. The van der Waals surface area contributed by atoms with Gasteiger partial charge in [0, 0.05) is 17.7 Å². The molecule has 0 atom stereocenters. The van der Waals surface area contributed by atoms with E-state index >= 15 is 0 Å². The Morgan fingerprint density at radius 2 is 1.88 bits per heavy atom. The fourth-order valence-corrected chi connectivity index (χ4v) is 2.51. The van der Waals surface area contributed by atoms with E-state index in [1.807, 2.05) is 24.3 Å². The molecule has 1 N–H and O–H groups in total. The number of ketones is 1. The van der Waals surface area contributed by atoms with Gasteiger partial charge in [-0.1, -0.05) is 19.1 Å². The molecule has 0 bridgehead atoms. The van der Waals surface area contributed by atoms with Gasteiger partial charge < -0.3 is 14.8 Å². The number of methoxy groups -OCH3 is 1. The predicted octanol–water partition coefficient (Wildman–Crippen LogP) is 4.26. The highest BCUT2D eigenvalue weighted by atomic mass is 16.5. The van der Waals surface area contributed by atoms with Crippen molar-refractivity contribution in [2.45, 2.75) is 33.1 Å². The first-order valence-corrected chi connectivity index (χ1v) is 8.74. The number of rotatable bonds is 9. The van der Waals surface area contributed by atoms with Crippen molar-refractivity contribution in [2.24, 2.45) is 0 Å². The lowest BCUT2D eigenvalue weighted by atomic mass is 10.1. The minimum absolute atomic E-state index is 0.0290. The third kappa shape index (κ3) is 5.62. The number of aryl methyl sites for hydroxylation is 1. The molecule has 0 heterocycles. The number of carbonyl (C=O) groups excluding carboxylic acids is 2. The molecule has 1 amide bonds. The van der Waals surface area contributed by atoms with Crippen LogP contribution in [-0.4, -0.2) is 25.4 Å². The van der Waals surface area contributed by atoms with Crippen molar-refractivity contribution >= 4 is 17.4 Å². The highest BCUT2D eigenvalue weighted by molar-refractivity contribution is 5.94. The Balaban J connectivity index is 1.81. The molecule has 138 valence electrons. The van der Waals surface area contributed by atoms with Crippen LogP contribution in [-0.2, 0) is 11.2 Å². The molecular weight excluding hydrogens is 330 g/mol. The lowest BCUT2D eigenvalue weighted by molar-refractivity contribution is -0.116. The van der Waals surface area contributed by atoms with Gasteiger partial charge in [-0.15, -0.1) is 0 Å². The summed E-state index contributed by atoms with van der Waals surface area (Å²) >= 11 is 0. The zero-order valence-electron chi connectivity index (χ0n) is 15.5. The molecule has 0 radical (unpaired) electrons. The van der Waals surface area contributed by atoms with Gasteiger partial charge in [0.1, 0.15) is 0 Å². The number of nitrogens with one attached hydrogen (secondary N) is 1. The number of benzene rings is 2. The molecule has 0 saturated heterocycles. The molecule has 0 aromatic heterocycles. The fraction of sp³-hybridized carbons (Fsp3) is 0.333. The van der Waals surface area contributed by atoms with Crippen LogP contribution in [0, 0.1) is 0 Å². The Kier molecular flexibility index (Phi) is 7.21. The van der Waals surface area contributed by atoms with E-state index in [9.17, 15) is 9.59 Å². The maximum Gasteiger partial charge on any atom is 0.224 e. The molecule has 5 heteroatoms. The standard InChI is InChI=1S/C21H25NO4/c1-4-16-7-5-8-18(13-16)22-21(24)9-6-12-26-19-11-10-17(15(2)23)14-20(19)25-3/h5,7-8,10-11,13-14H,4,6,9,12H2,1-3H3,(H,22,24). The van der Waals surface area contributed by atoms with E-state index in [2.05, 4.69) is 12.2 Å². The number of ether oxygens (including phenoxy) is 2. The average Bonchev–Trinajstić information content (AvgIpc) is 2.65. The van der Waals surface area contributed by atoms with Gasteiger partial charge in [-0.05, 0) is 55.7 Å². The van der Waals surface area contributed by atoms with E-state index in [-0.39, 0.29) is 11.7 Å². The van der Waals surface area contributed by atoms with Gasteiger partial charge in [-0.25, -0.2) is 0 Å². The summed E-state index contributed by atoms with van der Waals surface area (Å²) in [5.41, 5.74) is 2.58. The second-order valence-electron chi connectivity index (χ2n) is 5.98. The molecule has 2 aromatic rings. The minimum Gasteiger partial charge on any atom is -0.493 e. The first-order chi connectivity index (χ1) is 12.5. The second kappa shape index (κ2) is 9.61. The second-order valence-corrected chi connectivity index (χ2v) is 5.98. The van der Waals surface area contributed by atoms with Crippen LogP contribution >= 0.6 is 0 Å². The molecule has 2 aromatic carbocycles. The number of Topliss-reactive ketones (excluding diaryl/α,β-unsaturated/α-hetero) is 1. The van der Waals surface area contributed by atoms with Crippen LogP contribution in [0.4, 0.5) is 5.69 Å². The third-order valence-corrected chi connectivity index (χ3v) is 3.99. The van der Waals surface area contributed by atoms with Crippen molar-refractivity contribution in [3.8, 4) is 11.5 Å². The quantitative estimate of drug-likeness (QED) is 0.539. The SMILES string of the molecule is CCc1cccc(NC(=O)CCCOc2ccc(C(C)=O)cc2OC)c1. The van der Waals surface area contributed by atoms with Crippen molar-refractivity contribution in [1.29, 1.82) is 0 Å². The van der Waals surface area contributed by atoms with Crippen LogP contribution in [0.3, 0.4) is 0 Å². The smallest absolute Gasteiger partial charge is 0.224 e. The highest BCUT2D eigenvalue weighted by Gasteiger charge is 2.09. The normalized spacial score (nSPS) is 10.3. The summed E-state index contributed by atoms with van der Waals surface area (Å²) in [6.07, 6.45) is 1.88. The largest absolute Gasteiger partial charge is 0.493 e. The summed E-state index contributed by atoms with van der Waals surface area (Å²) in [5.74, 6) is 1.01. The van der Waals surface area contributed by atoms with Crippen LogP contribution < -0.4 is 14.8 Å². The molecule has 2 rings (SSSR count). The van der Waals surface area contributed by atoms with Crippen LogP contribution in [0.1, 0.15) is 42.6 Å². The molecule has 0 aliphatic heterocycles. The Morgan fingerprint density at radius 3 is 2.58 bits per heavy atom. The van der Waals surface area contributed by atoms with Crippen LogP contribution in [0.2, 0.25) is 0 Å². The molecule has 5 nitrogen and oxygen atoms in total. The Labute approximate surface area is 154 Å². The van der Waals surface area contributed by atoms with Gasteiger partial charge in [-0.3, -0.25) is 9.59 Å². The molecule has 0 aliphatic rings. The summed E-state index contributed by atoms with van der Waals surface area (Å²) in [7, 11) is 1.53. The zero-order valence-corrected chi connectivity index (χ0v) is 15.5. The van der Waals surface area contributed by atoms with Crippen molar-refractivity contribution in [2.75, 3.05) is 19.0 Å². The van der Waals surface area contributed by atoms with E-state index in [1.165, 1.54) is 19.6 Å². The predicted molar refractivity (Wildman–Crippen MR) is 102 cm³/mol. The van der Waals surface area contributed by atoms with Crippen LogP contribution in [0.15, 0.2) is 42.5 Å². The molecule has 0 spiro atoms. The molecule has 0 aliphatic carbocycles. The average molecular weight is 355 g/mol. The van der Waals surface area contributed by atoms with Crippen LogP contribution in [0.5, 0.6) is 11.5 Å². The number of carbonyl (C=O) groups is 2. The van der Waals surface area contributed by atoms with Crippen molar-refractivity contribution in [1.82, 2.24) is 0 Å². The highest BCUT2D eigenvalue weighted by Crippen LogP contribution is 2.28. The maximum absolute atomic E-state index is 12.0. The summed E-state index contributed by atoms with van der Waals surface area (Å²) in [6.45, 7) is 3.97. The lowest BCUT2D eigenvalue weighted by Crippen LogP contribution is -2.13. The summed E-state index contributed by atoms with van der Waals surface area (Å²) in [4.78, 5) is 23.4. The Hall–Kier alpha value is -2.82. The first-order valence-electron chi connectivity index (χ1n) is 8.74. The monoisotopic (exact) mass is 355 g/mol. The third-order valence-electron chi connectivity index (χ3n) is 3.99. The number of amides is 1. The zero-order chi connectivity index (χ0) is 18.9. The lowest BCUT2D eigenvalue weighted by Gasteiger charge is -2.11. The molecule has 0 saturated carbocycles. The van der Waals surface area contributed by atoms with Gasteiger partial charge in [0.15, 0.2) is 17.3 Å². The molecule has 0 fully saturated rings. The fourth-order valence-electron chi connectivity index (χ4n) is 2.51. The van der Waals surface area contributed by atoms with E-state index in [0.29, 0.717) is 36.5 Å². The van der Waals surface area contributed by atoms with Crippen molar-refractivity contribution in [3.63, 3.8) is 0 Å². The van der Waals surface area contributed by atoms with E-state index in [1.54, 1.807) is 18.2 Å². The minimum atomic E-state index is -0.0410. The summed E-state index contributed by atoms with van der Waals surface area (Å²) in [6, 6.07) is 12.9. The molecule has 0 unspecified atom stereocenters. The van der Waals surface area contributed by atoms with Gasteiger partial charge in [0.25, 0.3) is 0 Å².